The molecule has 1 atom stereocenters. The number of hydrogen-bond acceptors (Lipinski definition) is 3. The molecule has 21 heavy (non-hydrogen) atoms. The van der Waals surface area contributed by atoms with E-state index < -0.39 is 5.41 Å². The monoisotopic (exact) mass is 287 g/mol. The molecule has 1 aliphatic heterocycles. The third-order valence-electron chi connectivity index (χ3n) is 4.13. The smallest absolute Gasteiger partial charge is 0.315 e. The average Bonchev–Trinajstić information content (AvgIpc) is 2.49. The quantitative estimate of drug-likeness (QED) is 0.668. The van der Waals surface area contributed by atoms with Crippen LogP contribution < -0.4 is 5.32 Å². The van der Waals surface area contributed by atoms with E-state index in [1.165, 1.54) is 11.1 Å². The highest BCUT2D eigenvalue weighted by atomic mass is 16.5. The Labute approximate surface area is 127 Å². The zero-order chi connectivity index (χ0) is 15.3. The van der Waals surface area contributed by atoms with E-state index in [2.05, 4.69) is 35.7 Å². The predicted molar refractivity (Wildman–Crippen MR) is 85.1 cm³/mol. The van der Waals surface area contributed by atoms with Crippen molar-refractivity contribution in [2.45, 2.75) is 39.7 Å². The Hall–Kier alpha value is -1.61. The molecule has 1 aromatic rings. The van der Waals surface area contributed by atoms with Crippen LogP contribution in [0.25, 0.3) is 0 Å². The summed E-state index contributed by atoms with van der Waals surface area (Å²) in [6.45, 7) is 7.02. The zero-order valence-corrected chi connectivity index (χ0v) is 13.2. The fourth-order valence-electron chi connectivity index (χ4n) is 2.77. The lowest BCUT2D eigenvalue weighted by Crippen LogP contribution is -2.40. The molecule has 0 saturated heterocycles. The van der Waals surface area contributed by atoms with Gasteiger partial charge in [0.05, 0.1) is 12.0 Å². The summed E-state index contributed by atoms with van der Waals surface area (Å²) in [7, 11) is 0. The molecule has 1 aliphatic rings. The minimum atomic E-state index is -0.535. The molecule has 1 aromatic carbocycles. The first-order chi connectivity index (χ1) is 10.0. The Balaban J connectivity index is 2.03. The van der Waals surface area contributed by atoms with Crippen LogP contribution in [0.2, 0.25) is 0 Å². The minimum absolute atomic E-state index is 0.128. The van der Waals surface area contributed by atoms with Crippen LogP contribution in [0.15, 0.2) is 42.0 Å². The Morgan fingerprint density at radius 2 is 2.05 bits per heavy atom. The lowest BCUT2D eigenvalue weighted by atomic mass is 9.78. The summed E-state index contributed by atoms with van der Waals surface area (Å²) in [5, 5.41) is 3.51. The molecule has 0 bridgehead atoms. The third-order valence-corrected chi connectivity index (χ3v) is 4.13. The van der Waals surface area contributed by atoms with Crippen molar-refractivity contribution in [2.75, 3.05) is 13.2 Å². The number of esters is 1. The van der Waals surface area contributed by atoms with Gasteiger partial charge < -0.3 is 10.1 Å². The second kappa shape index (κ2) is 6.90. The van der Waals surface area contributed by atoms with Crippen LogP contribution in [0.3, 0.4) is 0 Å². The molecule has 0 fully saturated rings. The fraction of sp³-hybridized carbons (Fsp3) is 0.500. The molecule has 1 unspecified atom stereocenters. The van der Waals surface area contributed by atoms with Gasteiger partial charge in [0, 0.05) is 12.6 Å². The molecule has 1 heterocycles. The summed E-state index contributed by atoms with van der Waals surface area (Å²) in [6, 6.07) is 10.8. The zero-order valence-electron chi connectivity index (χ0n) is 13.2. The lowest BCUT2D eigenvalue weighted by molar-refractivity contribution is -0.151. The van der Waals surface area contributed by atoms with Gasteiger partial charge in [-0.3, -0.25) is 4.79 Å². The van der Waals surface area contributed by atoms with Gasteiger partial charge in [-0.1, -0.05) is 42.0 Å². The van der Waals surface area contributed by atoms with Crippen molar-refractivity contribution in [3.8, 4) is 0 Å². The molecule has 2 rings (SSSR count). The summed E-state index contributed by atoms with van der Waals surface area (Å²) >= 11 is 0. The van der Waals surface area contributed by atoms with Crippen molar-refractivity contribution in [3.63, 3.8) is 0 Å². The average molecular weight is 287 g/mol. The van der Waals surface area contributed by atoms with Gasteiger partial charge in [-0.2, -0.15) is 0 Å². The van der Waals surface area contributed by atoms with Gasteiger partial charge in [-0.25, -0.2) is 0 Å². The van der Waals surface area contributed by atoms with Crippen molar-refractivity contribution >= 4 is 5.97 Å². The van der Waals surface area contributed by atoms with Crippen LogP contribution in [-0.4, -0.2) is 25.2 Å². The van der Waals surface area contributed by atoms with Crippen molar-refractivity contribution < 1.29 is 9.53 Å². The van der Waals surface area contributed by atoms with Crippen LogP contribution in [0.4, 0.5) is 0 Å². The van der Waals surface area contributed by atoms with Gasteiger partial charge in [0.2, 0.25) is 0 Å². The molecular formula is C18H25NO2. The number of rotatable bonds is 5. The Kier molecular flexibility index (Phi) is 5.18. The van der Waals surface area contributed by atoms with E-state index >= 15 is 0 Å². The maximum atomic E-state index is 12.1. The van der Waals surface area contributed by atoms with Crippen LogP contribution >= 0.6 is 0 Å². The SMILES string of the molecule is CCOC(=O)C(C)(C)C1=CCNC(Cc2ccccc2)C1. The van der Waals surface area contributed by atoms with Gasteiger partial charge in [0.15, 0.2) is 0 Å². The molecule has 3 heteroatoms. The van der Waals surface area contributed by atoms with Crippen LogP contribution in [-0.2, 0) is 16.0 Å². The first-order valence-corrected chi connectivity index (χ1v) is 7.68. The molecule has 0 aromatic heterocycles. The summed E-state index contributed by atoms with van der Waals surface area (Å²) in [4.78, 5) is 12.1. The van der Waals surface area contributed by atoms with E-state index in [0.29, 0.717) is 12.6 Å². The Bertz CT molecular complexity index is 505. The molecule has 1 N–H and O–H groups in total. The van der Waals surface area contributed by atoms with Crippen molar-refractivity contribution in [3.05, 3.63) is 47.5 Å². The summed E-state index contributed by atoms with van der Waals surface area (Å²) in [5.41, 5.74) is 1.97. The molecule has 114 valence electrons. The molecule has 0 radical (unpaired) electrons. The highest BCUT2D eigenvalue weighted by Gasteiger charge is 2.35. The molecule has 0 spiro atoms. The van der Waals surface area contributed by atoms with E-state index in [-0.39, 0.29) is 5.97 Å². The number of benzene rings is 1. The van der Waals surface area contributed by atoms with E-state index in [1.807, 2.05) is 26.8 Å². The topological polar surface area (TPSA) is 38.3 Å². The van der Waals surface area contributed by atoms with Gasteiger partial charge in [0.1, 0.15) is 0 Å². The molecule has 0 aliphatic carbocycles. The van der Waals surface area contributed by atoms with Crippen molar-refractivity contribution in [1.29, 1.82) is 0 Å². The highest BCUT2D eigenvalue weighted by Crippen LogP contribution is 2.33. The number of ether oxygens (including phenoxy) is 1. The second-order valence-electron chi connectivity index (χ2n) is 6.07. The Morgan fingerprint density at radius 1 is 1.33 bits per heavy atom. The second-order valence-corrected chi connectivity index (χ2v) is 6.07. The largest absolute Gasteiger partial charge is 0.465 e. The minimum Gasteiger partial charge on any atom is -0.465 e. The Morgan fingerprint density at radius 3 is 2.71 bits per heavy atom. The van der Waals surface area contributed by atoms with Gasteiger partial charge in [-0.05, 0) is 39.2 Å². The van der Waals surface area contributed by atoms with E-state index in [9.17, 15) is 4.79 Å². The first kappa shape index (κ1) is 15.8. The van der Waals surface area contributed by atoms with Gasteiger partial charge in [0.25, 0.3) is 0 Å². The standard InChI is InChI=1S/C18H25NO2/c1-4-21-17(20)18(2,3)15-10-11-19-16(13-15)12-14-8-6-5-7-9-14/h5-10,16,19H,4,11-13H2,1-3H3. The predicted octanol–water partition coefficient (Wildman–Crippen LogP) is 3.11. The van der Waals surface area contributed by atoms with Crippen molar-refractivity contribution in [2.24, 2.45) is 5.41 Å². The number of hydrogen-bond donors (Lipinski definition) is 1. The molecule has 0 amide bonds. The maximum absolute atomic E-state index is 12.1. The third kappa shape index (κ3) is 3.94. The normalized spacial score (nSPS) is 19.0. The number of carbonyl (C=O) groups excluding carboxylic acids is 1. The van der Waals surface area contributed by atoms with Crippen molar-refractivity contribution in [1.82, 2.24) is 5.32 Å². The van der Waals surface area contributed by atoms with Gasteiger partial charge >= 0.3 is 5.97 Å². The summed E-state index contributed by atoms with van der Waals surface area (Å²) < 4.78 is 5.21. The number of nitrogens with one attached hydrogen (secondary N) is 1. The van der Waals surface area contributed by atoms with Crippen LogP contribution in [0.5, 0.6) is 0 Å². The van der Waals surface area contributed by atoms with E-state index in [4.69, 9.17) is 4.74 Å². The van der Waals surface area contributed by atoms with Gasteiger partial charge in [-0.15, -0.1) is 0 Å². The lowest BCUT2D eigenvalue weighted by Gasteiger charge is -2.32. The number of carbonyl (C=O) groups is 1. The summed E-state index contributed by atoms with van der Waals surface area (Å²) in [5.74, 6) is -0.128. The summed E-state index contributed by atoms with van der Waals surface area (Å²) in [6.07, 6.45) is 4.01. The highest BCUT2D eigenvalue weighted by molar-refractivity contribution is 5.79. The fourth-order valence-corrected chi connectivity index (χ4v) is 2.77. The molecular weight excluding hydrogens is 262 g/mol. The van der Waals surface area contributed by atoms with Crippen LogP contribution in [0.1, 0.15) is 32.8 Å². The maximum Gasteiger partial charge on any atom is 0.315 e. The first-order valence-electron chi connectivity index (χ1n) is 7.68. The molecule has 0 saturated carbocycles. The van der Waals surface area contributed by atoms with Crippen LogP contribution in [0, 0.1) is 5.41 Å². The molecule has 3 nitrogen and oxygen atoms in total. The van der Waals surface area contributed by atoms with E-state index in [1.54, 1.807) is 0 Å². The van der Waals surface area contributed by atoms with E-state index in [0.717, 1.165) is 19.4 Å².